The van der Waals surface area contributed by atoms with Crippen molar-refractivity contribution < 1.29 is 5.11 Å². The topological polar surface area (TPSA) is 92.0 Å². The number of aromatic amines is 1. The Bertz CT molecular complexity index is 526. The molecule has 1 aromatic rings. The molecule has 1 heterocycles. The molecule has 19 heavy (non-hydrogen) atoms. The van der Waals surface area contributed by atoms with Crippen LogP contribution in [-0.4, -0.2) is 15.1 Å². The second-order valence-electron chi connectivity index (χ2n) is 6.00. The average Bonchev–Trinajstić information content (AvgIpc) is 3.00. The molecule has 2 fully saturated rings. The van der Waals surface area contributed by atoms with Crippen LogP contribution in [0.15, 0.2) is 4.79 Å². The van der Waals surface area contributed by atoms with Crippen LogP contribution in [0.5, 0.6) is 5.88 Å². The largest absolute Gasteiger partial charge is 0.493 e. The van der Waals surface area contributed by atoms with Crippen molar-refractivity contribution >= 4 is 0 Å². The lowest BCUT2D eigenvalue weighted by atomic mass is 9.96. The molecule has 0 unspecified atom stereocenters. The van der Waals surface area contributed by atoms with Crippen molar-refractivity contribution in [1.29, 1.82) is 0 Å². The molecule has 5 heteroatoms. The van der Waals surface area contributed by atoms with Crippen LogP contribution in [0.4, 0.5) is 0 Å². The van der Waals surface area contributed by atoms with Gasteiger partial charge in [0.15, 0.2) is 0 Å². The van der Waals surface area contributed by atoms with Crippen LogP contribution in [0.3, 0.4) is 0 Å². The van der Waals surface area contributed by atoms with Gasteiger partial charge in [0.2, 0.25) is 5.88 Å². The number of H-pyrrole nitrogens is 1. The third-order valence-electron chi connectivity index (χ3n) is 4.67. The molecule has 1 aromatic heterocycles. The molecule has 0 amide bonds. The summed E-state index contributed by atoms with van der Waals surface area (Å²) in [7, 11) is 0. The molecule has 0 aromatic carbocycles. The Morgan fingerprint density at radius 3 is 2.42 bits per heavy atom. The van der Waals surface area contributed by atoms with Crippen molar-refractivity contribution in [2.24, 2.45) is 5.73 Å². The van der Waals surface area contributed by atoms with Crippen LogP contribution in [0.2, 0.25) is 0 Å². The molecule has 0 spiro atoms. The first-order valence-electron chi connectivity index (χ1n) is 7.23. The minimum atomic E-state index is -0.565. The Balaban J connectivity index is 2.00. The molecule has 2 aliphatic rings. The summed E-state index contributed by atoms with van der Waals surface area (Å²) in [5.74, 6) is 0.499. The standard InChI is InChI=1S/C14H21N3O2/c15-14(7-3-4-8-14)13-16-11(18)10(12(19)17-13)9-5-1-2-6-9/h9H,1-8,15H2,(H2,16,17,18,19). The van der Waals surface area contributed by atoms with Crippen LogP contribution in [0, 0.1) is 0 Å². The Hall–Kier alpha value is -1.36. The number of aromatic nitrogens is 2. The van der Waals surface area contributed by atoms with E-state index in [9.17, 15) is 9.90 Å². The van der Waals surface area contributed by atoms with E-state index in [-0.39, 0.29) is 17.4 Å². The quantitative estimate of drug-likeness (QED) is 0.759. The zero-order valence-electron chi connectivity index (χ0n) is 11.1. The van der Waals surface area contributed by atoms with E-state index in [1.54, 1.807) is 0 Å². The fourth-order valence-corrected chi connectivity index (χ4v) is 3.53. The molecule has 0 radical (unpaired) electrons. The second kappa shape index (κ2) is 4.63. The molecule has 2 saturated carbocycles. The molecule has 3 rings (SSSR count). The lowest BCUT2D eigenvalue weighted by Crippen LogP contribution is -2.37. The van der Waals surface area contributed by atoms with E-state index in [4.69, 9.17) is 5.73 Å². The van der Waals surface area contributed by atoms with E-state index in [0.717, 1.165) is 51.4 Å². The third kappa shape index (κ3) is 2.16. The summed E-state index contributed by atoms with van der Waals surface area (Å²) in [5.41, 5.74) is 5.97. The van der Waals surface area contributed by atoms with Crippen molar-refractivity contribution in [3.63, 3.8) is 0 Å². The van der Waals surface area contributed by atoms with Gasteiger partial charge >= 0.3 is 0 Å². The van der Waals surface area contributed by atoms with Gasteiger partial charge in [0, 0.05) is 0 Å². The maximum Gasteiger partial charge on any atom is 0.258 e. The highest BCUT2D eigenvalue weighted by Gasteiger charge is 2.35. The highest BCUT2D eigenvalue weighted by atomic mass is 16.3. The summed E-state index contributed by atoms with van der Waals surface area (Å²) in [5, 5.41) is 10.1. The Morgan fingerprint density at radius 2 is 1.84 bits per heavy atom. The number of hydrogen-bond donors (Lipinski definition) is 3. The van der Waals surface area contributed by atoms with Gasteiger partial charge in [-0.1, -0.05) is 25.7 Å². The van der Waals surface area contributed by atoms with Gasteiger partial charge in [-0.05, 0) is 31.6 Å². The van der Waals surface area contributed by atoms with Gasteiger partial charge < -0.3 is 15.8 Å². The molecular formula is C14H21N3O2. The molecule has 0 saturated heterocycles. The van der Waals surface area contributed by atoms with Crippen molar-refractivity contribution in [3.8, 4) is 5.88 Å². The molecule has 5 nitrogen and oxygen atoms in total. The van der Waals surface area contributed by atoms with Crippen molar-refractivity contribution in [3.05, 3.63) is 21.7 Å². The van der Waals surface area contributed by atoms with Gasteiger partial charge in [-0.3, -0.25) is 4.79 Å². The number of nitrogens with one attached hydrogen (secondary N) is 1. The minimum Gasteiger partial charge on any atom is -0.493 e. The maximum absolute atomic E-state index is 12.2. The molecule has 0 bridgehead atoms. The predicted octanol–water partition coefficient (Wildman–Crippen LogP) is 1.86. The van der Waals surface area contributed by atoms with E-state index < -0.39 is 5.54 Å². The van der Waals surface area contributed by atoms with E-state index >= 15 is 0 Å². The van der Waals surface area contributed by atoms with Crippen LogP contribution in [-0.2, 0) is 5.54 Å². The molecular weight excluding hydrogens is 242 g/mol. The monoisotopic (exact) mass is 263 g/mol. The second-order valence-corrected chi connectivity index (χ2v) is 6.00. The molecule has 4 N–H and O–H groups in total. The van der Waals surface area contributed by atoms with Crippen LogP contribution in [0.25, 0.3) is 0 Å². The number of nitrogens with zero attached hydrogens (tertiary/aromatic N) is 1. The molecule has 104 valence electrons. The van der Waals surface area contributed by atoms with E-state index in [1.807, 2.05) is 0 Å². The lowest BCUT2D eigenvalue weighted by molar-refractivity contribution is 0.393. The first-order chi connectivity index (χ1) is 9.10. The summed E-state index contributed by atoms with van der Waals surface area (Å²) >= 11 is 0. The van der Waals surface area contributed by atoms with E-state index in [0.29, 0.717) is 11.4 Å². The van der Waals surface area contributed by atoms with Crippen molar-refractivity contribution in [2.45, 2.75) is 62.8 Å². The summed E-state index contributed by atoms with van der Waals surface area (Å²) in [6, 6.07) is 0. The first kappa shape index (κ1) is 12.7. The summed E-state index contributed by atoms with van der Waals surface area (Å²) < 4.78 is 0. The predicted molar refractivity (Wildman–Crippen MR) is 72.1 cm³/mol. The fourth-order valence-electron chi connectivity index (χ4n) is 3.53. The minimum absolute atomic E-state index is 0.109. The normalized spacial score (nSPS) is 23.0. The molecule has 0 atom stereocenters. The number of rotatable bonds is 2. The van der Waals surface area contributed by atoms with Crippen LogP contribution < -0.4 is 11.3 Å². The molecule has 0 aliphatic heterocycles. The Kier molecular flexibility index (Phi) is 3.09. The Morgan fingerprint density at radius 1 is 1.21 bits per heavy atom. The third-order valence-corrected chi connectivity index (χ3v) is 4.67. The van der Waals surface area contributed by atoms with Crippen molar-refractivity contribution in [2.75, 3.05) is 0 Å². The van der Waals surface area contributed by atoms with Gasteiger partial charge in [0.05, 0.1) is 11.1 Å². The van der Waals surface area contributed by atoms with Gasteiger partial charge in [0.1, 0.15) is 5.82 Å². The first-order valence-corrected chi connectivity index (χ1v) is 7.23. The van der Waals surface area contributed by atoms with Crippen LogP contribution in [0.1, 0.15) is 68.7 Å². The lowest BCUT2D eigenvalue weighted by Gasteiger charge is -2.23. The van der Waals surface area contributed by atoms with Crippen LogP contribution >= 0.6 is 0 Å². The van der Waals surface area contributed by atoms with E-state index in [2.05, 4.69) is 9.97 Å². The van der Waals surface area contributed by atoms with Gasteiger partial charge in [-0.15, -0.1) is 0 Å². The zero-order valence-corrected chi connectivity index (χ0v) is 11.1. The molecule has 2 aliphatic carbocycles. The fraction of sp³-hybridized carbons (Fsp3) is 0.714. The zero-order chi connectivity index (χ0) is 13.5. The summed E-state index contributed by atoms with van der Waals surface area (Å²) in [6.07, 6.45) is 7.89. The van der Waals surface area contributed by atoms with Gasteiger partial charge in [-0.2, -0.15) is 4.98 Å². The summed E-state index contributed by atoms with van der Waals surface area (Å²) in [6.45, 7) is 0. The van der Waals surface area contributed by atoms with Gasteiger partial charge in [0.25, 0.3) is 5.56 Å². The SMILES string of the molecule is NC1(c2nc(O)c(C3CCCC3)c(=O)[nH]2)CCCC1. The summed E-state index contributed by atoms with van der Waals surface area (Å²) in [4.78, 5) is 19.3. The highest BCUT2D eigenvalue weighted by molar-refractivity contribution is 5.29. The maximum atomic E-state index is 12.2. The average molecular weight is 263 g/mol. The number of aromatic hydroxyl groups is 1. The van der Waals surface area contributed by atoms with Gasteiger partial charge in [-0.25, -0.2) is 0 Å². The number of hydrogen-bond acceptors (Lipinski definition) is 4. The Labute approximate surface area is 112 Å². The smallest absolute Gasteiger partial charge is 0.258 e. The highest BCUT2D eigenvalue weighted by Crippen LogP contribution is 2.38. The van der Waals surface area contributed by atoms with E-state index in [1.165, 1.54) is 0 Å². The van der Waals surface area contributed by atoms with Crippen molar-refractivity contribution in [1.82, 2.24) is 9.97 Å². The number of nitrogens with two attached hydrogens (primary N) is 1.